The van der Waals surface area contributed by atoms with Crippen LogP contribution in [0.2, 0.25) is 0 Å². The summed E-state index contributed by atoms with van der Waals surface area (Å²) in [5.41, 5.74) is 6.25. The average Bonchev–Trinajstić information content (AvgIpc) is 3.36. The van der Waals surface area contributed by atoms with Gasteiger partial charge in [-0.15, -0.1) is 11.3 Å². The lowest BCUT2D eigenvalue weighted by Crippen LogP contribution is -1.87. The number of benzene rings is 2. The smallest absolute Gasteiger partial charge is 0.115 e. The second-order valence-electron chi connectivity index (χ2n) is 6.76. The Bertz CT molecular complexity index is 1600. The first-order valence-corrected chi connectivity index (χ1v) is 9.21. The van der Waals surface area contributed by atoms with Crippen LogP contribution in [0.4, 0.5) is 0 Å². The minimum Gasteiger partial charge on any atom is -0.470 e. The molecule has 118 valence electrons. The van der Waals surface area contributed by atoms with Crippen LogP contribution in [0.5, 0.6) is 0 Å². The first-order chi connectivity index (χ1) is 12.3. The topological polar surface area (TPSA) is 22.5 Å². The third-order valence-electron chi connectivity index (χ3n) is 5.70. The molecule has 3 nitrogen and oxygen atoms in total. The molecule has 5 heterocycles. The maximum Gasteiger partial charge on any atom is 0.115 e. The van der Waals surface area contributed by atoms with Gasteiger partial charge in [0.1, 0.15) is 12.5 Å². The van der Waals surface area contributed by atoms with Gasteiger partial charge in [-0.25, -0.2) is 0 Å². The first-order valence-electron chi connectivity index (χ1n) is 8.33. The summed E-state index contributed by atoms with van der Waals surface area (Å²) in [4.78, 5) is 0. The molecule has 0 N–H and O–H groups in total. The van der Waals surface area contributed by atoms with Crippen molar-refractivity contribution in [2.24, 2.45) is 7.05 Å². The Morgan fingerprint density at radius 3 is 2.68 bits per heavy atom. The molecule has 0 saturated carbocycles. The van der Waals surface area contributed by atoms with Crippen LogP contribution >= 0.6 is 11.3 Å². The highest BCUT2D eigenvalue weighted by atomic mass is 32.1. The van der Waals surface area contributed by atoms with E-state index in [-0.39, 0.29) is 0 Å². The lowest BCUT2D eigenvalue weighted by atomic mass is 10.1. The Labute approximate surface area is 145 Å². The number of hydrogen-bond donors (Lipinski definition) is 0. The van der Waals surface area contributed by atoms with Gasteiger partial charge in [-0.3, -0.25) is 0 Å². The lowest BCUT2D eigenvalue weighted by molar-refractivity contribution is 0.571. The van der Waals surface area contributed by atoms with Crippen LogP contribution < -0.4 is 0 Å². The molecule has 5 aromatic heterocycles. The molecule has 0 aliphatic carbocycles. The third kappa shape index (κ3) is 1.19. The van der Waals surface area contributed by atoms with E-state index in [0.717, 1.165) is 5.52 Å². The van der Waals surface area contributed by atoms with Crippen molar-refractivity contribution in [2.75, 3.05) is 0 Å². The largest absolute Gasteiger partial charge is 0.470 e. The Balaban J connectivity index is 2.10. The molecule has 0 spiro atoms. The molecule has 0 radical (unpaired) electrons. The van der Waals surface area contributed by atoms with Gasteiger partial charge in [-0.05, 0) is 35.0 Å². The summed E-state index contributed by atoms with van der Waals surface area (Å²) in [6.45, 7) is 0. The van der Waals surface area contributed by atoms with Crippen LogP contribution in [-0.2, 0) is 7.05 Å². The number of aromatic nitrogens is 2. The standard InChI is InChI=1S/C21H12N2OS/c1-22-14-4-2-3-11-13-9-24-10-17(13)23-16-7-8-25-21(16)12-5-6-15(22)19(18(11)14)20(12)23/h2-10H,1H3. The molecule has 0 atom stereocenters. The number of furan rings is 1. The van der Waals surface area contributed by atoms with Gasteiger partial charge in [0.2, 0.25) is 0 Å². The van der Waals surface area contributed by atoms with E-state index < -0.39 is 0 Å². The molecule has 0 saturated heterocycles. The fraction of sp³-hybridized carbons (Fsp3) is 0.0476. The van der Waals surface area contributed by atoms with Crippen LogP contribution in [0.1, 0.15) is 0 Å². The SMILES string of the molecule is Cn1c2cccc3c4cocc4n4c5ccsc5c5ccc1c(c32)c54. The second kappa shape index (κ2) is 3.81. The van der Waals surface area contributed by atoms with E-state index in [4.69, 9.17) is 4.42 Å². The highest BCUT2D eigenvalue weighted by molar-refractivity contribution is 7.18. The van der Waals surface area contributed by atoms with Gasteiger partial charge >= 0.3 is 0 Å². The summed E-state index contributed by atoms with van der Waals surface area (Å²) in [5.74, 6) is 0. The van der Waals surface area contributed by atoms with Crippen molar-refractivity contribution in [3.63, 3.8) is 0 Å². The highest BCUT2D eigenvalue weighted by Gasteiger charge is 2.22. The van der Waals surface area contributed by atoms with Gasteiger partial charge in [0.25, 0.3) is 0 Å². The zero-order valence-corrected chi connectivity index (χ0v) is 14.2. The molecule has 2 aromatic carbocycles. The molecule has 0 fully saturated rings. The second-order valence-corrected chi connectivity index (χ2v) is 7.67. The van der Waals surface area contributed by atoms with Crippen molar-refractivity contribution < 1.29 is 4.42 Å². The molecular weight excluding hydrogens is 328 g/mol. The number of nitrogens with zero attached hydrogens (tertiary/aromatic N) is 2. The van der Waals surface area contributed by atoms with E-state index in [2.05, 4.69) is 57.8 Å². The average molecular weight is 340 g/mol. The molecule has 0 aliphatic heterocycles. The number of rotatable bonds is 0. The van der Waals surface area contributed by atoms with Gasteiger partial charge in [0.15, 0.2) is 0 Å². The predicted molar refractivity (Wildman–Crippen MR) is 105 cm³/mol. The van der Waals surface area contributed by atoms with Crippen LogP contribution in [0.15, 0.2) is 58.7 Å². The summed E-state index contributed by atoms with van der Waals surface area (Å²) >= 11 is 1.81. The van der Waals surface area contributed by atoms with E-state index in [1.54, 1.807) is 0 Å². The molecule has 7 aromatic rings. The minimum atomic E-state index is 1.14. The van der Waals surface area contributed by atoms with E-state index in [1.807, 2.05) is 23.9 Å². The third-order valence-corrected chi connectivity index (χ3v) is 6.63. The van der Waals surface area contributed by atoms with Crippen molar-refractivity contribution in [1.82, 2.24) is 8.97 Å². The maximum absolute atomic E-state index is 5.67. The first kappa shape index (κ1) is 12.4. The fourth-order valence-electron chi connectivity index (χ4n) is 4.67. The van der Waals surface area contributed by atoms with E-state index >= 15 is 0 Å². The normalized spacial score (nSPS) is 13.0. The summed E-state index contributed by atoms with van der Waals surface area (Å²) in [6.07, 6.45) is 3.77. The molecule has 0 aliphatic rings. The van der Waals surface area contributed by atoms with Gasteiger partial charge in [0, 0.05) is 34.1 Å². The summed E-state index contributed by atoms with van der Waals surface area (Å²) < 4.78 is 11.7. The number of aryl methyl sites for hydroxylation is 1. The van der Waals surface area contributed by atoms with E-state index in [0.29, 0.717) is 0 Å². The van der Waals surface area contributed by atoms with Gasteiger partial charge < -0.3 is 13.4 Å². The molecule has 0 amide bonds. The minimum absolute atomic E-state index is 1.14. The molecule has 25 heavy (non-hydrogen) atoms. The van der Waals surface area contributed by atoms with Crippen molar-refractivity contribution >= 4 is 70.6 Å². The quantitative estimate of drug-likeness (QED) is 0.325. The lowest BCUT2D eigenvalue weighted by Gasteiger charge is -2.00. The number of thiophene rings is 1. The van der Waals surface area contributed by atoms with Crippen molar-refractivity contribution in [3.05, 3.63) is 54.3 Å². The van der Waals surface area contributed by atoms with Crippen LogP contribution in [0, 0.1) is 0 Å². The molecular formula is C21H12N2OS. The Morgan fingerprint density at radius 1 is 0.800 bits per heavy atom. The zero-order chi connectivity index (χ0) is 16.3. The van der Waals surface area contributed by atoms with Gasteiger partial charge in [-0.1, -0.05) is 12.1 Å². The number of fused-ring (bicyclic) bond motifs is 6. The Hall–Kier alpha value is -2.98. The van der Waals surface area contributed by atoms with Crippen molar-refractivity contribution in [1.29, 1.82) is 0 Å². The molecule has 7 rings (SSSR count). The van der Waals surface area contributed by atoms with Gasteiger partial charge in [0.05, 0.1) is 26.8 Å². The molecule has 0 bridgehead atoms. The Kier molecular flexibility index (Phi) is 1.89. The summed E-state index contributed by atoms with van der Waals surface area (Å²) in [7, 11) is 2.16. The monoisotopic (exact) mass is 340 g/mol. The summed E-state index contributed by atoms with van der Waals surface area (Å²) in [5, 5.41) is 8.61. The van der Waals surface area contributed by atoms with E-state index in [9.17, 15) is 0 Å². The van der Waals surface area contributed by atoms with Crippen molar-refractivity contribution in [2.45, 2.75) is 0 Å². The van der Waals surface area contributed by atoms with Crippen LogP contribution in [0.3, 0.4) is 0 Å². The number of hydrogen-bond acceptors (Lipinski definition) is 2. The van der Waals surface area contributed by atoms with E-state index in [1.165, 1.54) is 53.7 Å². The fourth-order valence-corrected chi connectivity index (χ4v) is 5.58. The van der Waals surface area contributed by atoms with Crippen molar-refractivity contribution in [3.8, 4) is 0 Å². The zero-order valence-electron chi connectivity index (χ0n) is 13.4. The van der Waals surface area contributed by atoms with Crippen LogP contribution in [-0.4, -0.2) is 8.97 Å². The maximum atomic E-state index is 5.67. The highest BCUT2D eigenvalue weighted by Crippen LogP contribution is 2.44. The van der Waals surface area contributed by atoms with Crippen LogP contribution in [0.25, 0.3) is 59.2 Å². The molecule has 0 unspecified atom stereocenters. The molecule has 4 heteroatoms. The summed E-state index contributed by atoms with van der Waals surface area (Å²) in [6, 6.07) is 13.3. The Morgan fingerprint density at radius 2 is 1.72 bits per heavy atom. The van der Waals surface area contributed by atoms with Gasteiger partial charge in [-0.2, -0.15) is 0 Å². The predicted octanol–water partition coefficient (Wildman–Crippen LogP) is 6.14.